The van der Waals surface area contributed by atoms with Gasteiger partial charge in [-0.25, -0.2) is 4.79 Å². The Kier molecular flexibility index (Phi) is 8.64. The van der Waals surface area contributed by atoms with Crippen LogP contribution in [-0.4, -0.2) is 18.7 Å². The monoisotopic (exact) mass is 485 g/mol. The van der Waals surface area contributed by atoms with Gasteiger partial charge in [0, 0.05) is 13.0 Å². The molecule has 3 nitrogen and oxygen atoms in total. The Bertz CT molecular complexity index is 759. The van der Waals surface area contributed by atoms with Gasteiger partial charge in [-0.2, -0.15) is 0 Å². The number of fused-ring (bicyclic) bond motifs is 5. The molecule has 35 heavy (non-hydrogen) atoms. The number of carbonyl (C=O) groups excluding carboxylic acids is 1. The molecule has 1 amide bonds. The lowest BCUT2D eigenvalue weighted by atomic mass is 9.47. The number of rotatable bonds is 9. The fourth-order valence-electron chi connectivity index (χ4n) is 9.31. The van der Waals surface area contributed by atoms with Crippen LogP contribution in [0, 0.1) is 46.3 Å². The Labute approximate surface area is 216 Å². The lowest BCUT2D eigenvalue weighted by Gasteiger charge is -2.58. The Balaban J connectivity index is 1.39. The average Bonchev–Trinajstić information content (AvgIpc) is 3.16. The predicted octanol–water partition coefficient (Wildman–Crippen LogP) is 8.92. The quantitative estimate of drug-likeness (QED) is 0.261. The maximum Gasteiger partial charge on any atom is 0.407 e. The summed E-state index contributed by atoms with van der Waals surface area (Å²) in [7, 11) is 0. The molecule has 0 aromatic heterocycles. The van der Waals surface area contributed by atoms with Crippen molar-refractivity contribution in [3.8, 4) is 0 Å². The molecule has 4 aliphatic rings. The fourth-order valence-corrected chi connectivity index (χ4v) is 9.31. The summed E-state index contributed by atoms with van der Waals surface area (Å²) in [6.07, 6.45) is 19.0. The minimum absolute atomic E-state index is 0.0592. The van der Waals surface area contributed by atoms with Gasteiger partial charge in [0.25, 0.3) is 0 Å². The highest BCUT2D eigenvalue weighted by molar-refractivity contribution is 5.67. The molecule has 0 radical (unpaired) electrons. The van der Waals surface area contributed by atoms with Crippen LogP contribution in [0.15, 0.2) is 11.6 Å². The molecule has 4 aliphatic carbocycles. The van der Waals surface area contributed by atoms with Crippen molar-refractivity contribution in [1.29, 1.82) is 0 Å². The molecule has 3 unspecified atom stereocenters. The van der Waals surface area contributed by atoms with Gasteiger partial charge in [-0.3, -0.25) is 0 Å². The third-order valence-corrected chi connectivity index (χ3v) is 11.3. The van der Waals surface area contributed by atoms with Gasteiger partial charge in [0.1, 0.15) is 6.10 Å². The summed E-state index contributed by atoms with van der Waals surface area (Å²) in [5.41, 5.74) is 2.48. The molecular weight excluding hydrogens is 430 g/mol. The summed E-state index contributed by atoms with van der Waals surface area (Å²) in [5, 5.41) is 2.94. The third-order valence-electron chi connectivity index (χ3n) is 11.3. The van der Waals surface area contributed by atoms with Crippen molar-refractivity contribution in [2.45, 2.75) is 131 Å². The fraction of sp³-hybridized carbons (Fsp3) is 0.906. The van der Waals surface area contributed by atoms with Crippen LogP contribution >= 0.6 is 0 Å². The SMILES string of the molecule is CCCCNC(=O)O[C@H]1CC[C@@]2(C)C(=CCC3C2CC[C@@]2(C)C3CC[C@@H]2[C@H](C)CCCC(C)C)C1. The Hall–Kier alpha value is -0.990. The molecule has 0 aromatic rings. The van der Waals surface area contributed by atoms with E-state index >= 15 is 0 Å². The molecule has 3 fully saturated rings. The molecular formula is C32H55NO2. The van der Waals surface area contributed by atoms with Gasteiger partial charge < -0.3 is 10.1 Å². The lowest BCUT2D eigenvalue weighted by molar-refractivity contribution is -0.0581. The first kappa shape index (κ1) is 27.1. The van der Waals surface area contributed by atoms with Crippen molar-refractivity contribution in [1.82, 2.24) is 5.32 Å². The summed E-state index contributed by atoms with van der Waals surface area (Å²) < 4.78 is 5.85. The molecule has 0 aliphatic heterocycles. The van der Waals surface area contributed by atoms with Gasteiger partial charge in [-0.1, -0.05) is 78.9 Å². The number of allylic oxidation sites excluding steroid dienone is 1. The first-order valence-corrected chi connectivity index (χ1v) is 15.3. The number of hydrogen-bond donors (Lipinski definition) is 1. The van der Waals surface area contributed by atoms with E-state index in [2.05, 4.69) is 52.9 Å². The van der Waals surface area contributed by atoms with Crippen LogP contribution in [-0.2, 0) is 4.74 Å². The molecule has 3 saturated carbocycles. The minimum Gasteiger partial charge on any atom is -0.446 e. The number of unbranched alkanes of at least 4 members (excludes halogenated alkanes) is 1. The molecule has 0 bridgehead atoms. The molecule has 4 rings (SSSR count). The van der Waals surface area contributed by atoms with Crippen molar-refractivity contribution < 1.29 is 9.53 Å². The van der Waals surface area contributed by atoms with E-state index in [-0.39, 0.29) is 12.2 Å². The molecule has 0 spiro atoms. The van der Waals surface area contributed by atoms with Gasteiger partial charge in [0.15, 0.2) is 0 Å². The Morgan fingerprint density at radius 3 is 2.60 bits per heavy atom. The van der Waals surface area contributed by atoms with E-state index in [1.807, 2.05) is 0 Å². The largest absolute Gasteiger partial charge is 0.446 e. The molecule has 0 aromatic carbocycles. The van der Waals surface area contributed by atoms with E-state index in [0.29, 0.717) is 10.8 Å². The maximum atomic E-state index is 12.2. The Morgan fingerprint density at radius 2 is 1.86 bits per heavy atom. The van der Waals surface area contributed by atoms with E-state index in [1.54, 1.807) is 5.57 Å². The highest BCUT2D eigenvalue weighted by atomic mass is 16.6. The summed E-state index contributed by atoms with van der Waals surface area (Å²) in [4.78, 5) is 12.2. The van der Waals surface area contributed by atoms with Crippen molar-refractivity contribution >= 4 is 6.09 Å². The van der Waals surface area contributed by atoms with E-state index in [9.17, 15) is 4.79 Å². The maximum absolute atomic E-state index is 12.2. The molecule has 0 saturated heterocycles. The second kappa shape index (κ2) is 11.2. The van der Waals surface area contributed by atoms with Gasteiger partial charge in [0.05, 0.1) is 0 Å². The number of alkyl carbamates (subject to hydrolysis) is 1. The van der Waals surface area contributed by atoms with Crippen molar-refractivity contribution in [3.05, 3.63) is 11.6 Å². The third kappa shape index (κ3) is 5.49. The van der Waals surface area contributed by atoms with E-state index in [1.165, 1.54) is 57.8 Å². The van der Waals surface area contributed by atoms with Crippen LogP contribution in [0.1, 0.15) is 125 Å². The van der Waals surface area contributed by atoms with E-state index in [0.717, 1.165) is 67.7 Å². The van der Waals surface area contributed by atoms with Gasteiger partial charge in [-0.05, 0) is 97.7 Å². The first-order valence-electron chi connectivity index (χ1n) is 15.3. The van der Waals surface area contributed by atoms with Gasteiger partial charge in [0.2, 0.25) is 0 Å². The second-order valence-electron chi connectivity index (χ2n) is 13.8. The minimum atomic E-state index is -0.214. The average molecular weight is 486 g/mol. The normalized spacial score (nSPS) is 39.3. The first-order chi connectivity index (χ1) is 16.7. The van der Waals surface area contributed by atoms with Crippen LogP contribution in [0.2, 0.25) is 0 Å². The number of carbonyl (C=O) groups is 1. The van der Waals surface area contributed by atoms with Crippen molar-refractivity contribution in [3.63, 3.8) is 0 Å². The number of hydrogen-bond acceptors (Lipinski definition) is 2. The predicted molar refractivity (Wildman–Crippen MR) is 146 cm³/mol. The Morgan fingerprint density at radius 1 is 1.06 bits per heavy atom. The topological polar surface area (TPSA) is 38.3 Å². The molecule has 3 heteroatoms. The standard InChI is InChI=1S/C32H55NO2/c1-7-8-20-33-30(34)35-25-16-18-31(5)24(21-25)12-13-26-28-15-14-27(23(4)11-9-10-22(2)3)32(28,6)19-17-29(26)31/h12,22-23,25-29H,7-11,13-21H2,1-6H3,(H,33,34)/t23-,25+,26?,27-,28?,29?,31+,32-/m1/s1. The molecule has 1 N–H and O–H groups in total. The molecule has 0 heterocycles. The highest BCUT2D eigenvalue weighted by Crippen LogP contribution is 2.67. The second-order valence-corrected chi connectivity index (χ2v) is 13.8. The summed E-state index contributed by atoms with van der Waals surface area (Å²) in [6.45, 7) is 15.4. The van der Waals surface area contributed by atoms with Crippen LogP contribution in [0.5, 0.6) is 0 Å². The highest BCUT2D eigenvalue weighted by Gasteiger charge is 2.59. The lowest BCUT2D eigenvalue weighted by Crippen LogP contribution is -2.51. The van der Waals surface area contributed by atoms with Crippen LogP contribution in [0.4, 0.5) is 4.79 Å². The van der Waals surface area contributed by atoms with Gasteiger partial charge >= 0.3 is 6.09 Å². The van der Waals surface area contributed by atoms with Crippen LogP contribution < -0.4 is 5.32 Å². The summed E-state index contributed by atoms with van der Waals surface area (Å²) >= 11 is 0. The zero-order chi connectivity index (χ0) is 25.2. The smallest absolute Gasteiger partial charge is 0.407 e. The molecule has 8 atom stereocenters. The zero-order valence-electron chi connectivity index (χ0n) is 23.8. The number of nitrogens with one attached hydrogen (secondary N) is 1. The van der Waals surface area contributed by atoms with Gasteiger partial charge in [-0.15, -0.1) is 0 Å². The summed E-state index contributed by atoms with van der Waals surface area (Å²) in [5.74, 6) is 5.24. The zero-order valence-corrected chi connectivity index (χ0v) is 23.8. The van der Waals surface area contributed by atoms with E-state index < -0.39 is 0 Å². The summed E-state index contributed by atoms with van der Waals surface area (Å²) in [6, 6.07) is 0. The molecule has 200 valence electrons. The number of amides is 1. The van der Waals surface area contributed by atoms with E-state index in [4.69, 9.17) is 4.74 Å². The van der Waals surface area contributed by atoms with Crippen molar-refractivity contribution in [2.75, 3.05) is 6.54 Å². The van der Waals surface area contributed by atoms with Crippen LogP contribution in [0.3, 0.4) is 0 Å². The van der Waals surface area contributed by atoms with Crippen LogP contribution in [0.25, 0.3) is 0 Å². The van der Waals surface area contributed by atoms with Crippen molar-refractivity contribution in [2.24, 2.45) is 46.3 Å². The number of ether oxygens (including phenoxy) is 1.